The zero-order chi connectivity index (χ0) is 14.0. The number of anilines is 1. The van der Waals surface area contributed by atoms with Gasteiger partial charge in [0.15, 0.2) is 0 Å². The molecule has 0 fully saturated rings. The molecule has 0 atom stereocenters. The van der Waals surface area contributed by atoms with Crippen molar-refractivity contribution in [1.29, 1.82) is 0 Å². The maximum absolute atomic E-state index is 12.8. The predicted octanol–water partition coefficient (Wildman–Crippen LogP) is 5.69. The van der Waals surface area contributed by atoms with Crippen LogP contribution in [-0.4, -0.2) is 0 Å². The minimum atomic E-state index is -4.44. The van der Waals surface area contributed by atoms with Gasteiger partial charge < -0.3 is 5.32 Å². The van der Waals surface area contributed by atoms with Crippen molar-refractivity contribution in [3.8, 4) is 0 Å². The number of benzene rings is 1. The molecule has 2 rings (SSSR count). The molecule has 0 aliphatic heterocycles. The first-order valence-electron chi connectivity index (χ1n) is 5.20. The van der Waals surface area contributed by atoms with Gasteiger partial charge in [-0.25, -0.2) is 0 Å². The van der Waals surface area contributed by atoms with Gasteiger partial charge in [0.2, 0.25) is 0 Å². The number of hydrogen-bond acceptors (Lipinski definition) is 2. The molecule has 0 aliphatic rings. The van der Waals surface area contributed by atoms with E-state index in [0.717, 1.165) is 10.9 Å². The molecule has 7 heteroatoms. The zero-order valence-electron chi connectivity index (χ0n) is 9.39. The third-order valence-electron chi connectivity index (χ3n) is 2.38. The Kier molecular flexibility index (Phi) is 4.28. The van der Waals surface area contributed by atoms with Gasteiger partial charge in [0.05, 0.1) is 21.3 Å². The molecular formula is C12H8Cl2F3NS. The molecule has 19 heavy (non-hydrogen) atoms. The summed E-state index contributed by atoms with van der Waals surface area (Å²) in [6, 6.07) is 5.39. The SMILES string of the molecule is FC(F)(F)c1cccc(Cl)c1NCc1cc(Cl)cs1. The molecule has 0 unspecified atom stereocenters. The largest absolute Gasteiger partial charge is 0.418 e. The van der Waals surface area contributed by atoms with E-state index in [1.54, 1.807) is 11.4 Å². The Bertz CT molecular complexity index is 581. The molecule has 2 aromatic rings. The summed E-state index contributed by atoms with van der Waals surface area (Å²) in [7, 11) is 0. The third kappa shape index (κ3) is 3.55. The van der Waals surface area contributed by atoms with Gasteiger partial charge in [-0.3, -0.25) is 0 Å². The third-order valence-corrected chi connectivity index (χ3v) is 3.98. The van der Waals surface area contributed by atoms with E-state index in [9.17, 15) is 13.2 Å². The smallest absolute Gasteiger partial charge is 0.378 e. The molecule has 0 bridgehead atoms. The molecule has 1 aromatic carbocycles. The van der Waals surface area contributed by atoms with Crippen molar-refractivity contribution < 1.29 is 13.2 Å². The Labute approximate surface area is 122 Å². The number of thiophene rings is 1. The van der Waals surface area contributed by atoms with E-state index in [-0.39, 0.29) is 17.3 Å². The van der Waals surface area contributed by atoms with Crippen LogP contribution in [0.15, 0.2) is 29.6 Å². The van der Waals surface area contributed by atoms with Crippen molar-refractivity contribution in [3.05, 3.63) is 50.1 Å². The van der Waals surface area contributed by atoms with Crippen molar-refractivity contribution in [2.24, 2.45) is 0 Å². The summed E-state index contributed by atoms with van der Waals surface area (Å²) in [6.07, 6.45) is -4.44. The van der Waals surface area contributed by atoms with Crippen molar-refractivity contribution in [3.63, 3.8) is 0 Å². The van der Waals surface area contributed by atoms with Crippen LogP contribution in [0.2, 0.25) is 10.0 Å². The lowest BCUT2D eigenvalue weighted by Gasteiger charge is -2.15. The minimum absolute atomic E-state index is 0.0393. The van der Waals surface area contributed by atoms with Crippen LogP contribution in [0.3, 0.4) is 0 Å². The lowest BCUT2D eigenvalue weighted by Crippen LogP contribution is -2.10. The van der Waals surface area contributed by atoms with Crippen molar-refractivity contribution in [2.75, 3.05) is 5.32 Å². The van der Waals surface area contributed by atoms with Gasteiger partial charge in [-0.1, -0.05) is 29.3 Å². The number of hydrogen-bond donors (Lipinski definition) is 1. The molecule has 1 heterocycles. The maximum Gasteiger partial charge on any atom is 0.418 e. The second-order valence-corrected chi connectivity index (χ2v) is 5.58. The molecule has 1 N–H and O–H groups in total. The van der Waals surface area contributed by atoms with Crippen LogP contribution in [0.5, 0.6) is 0 Å². The van der Waals surface area contributed by atoms with Gasteiger partial charge in [-0.2, -0.15) is 13.2 Å². The monoisotopic (exact) mass is 325 g/mol. The molecule has 1 nitrogen and oxygen atoms in total. The van der Waals surface area contributed by atoms with Crippen LogP contribution in [0.4, 0.5) is 18.9 Å². The first kappa shape index (κ1) is 14.5. The van der Waals surface area contributed by atoms with Crippen molar-refractivity contribution in [1.82, 2.24) is 0 Å². The van der Waals surface area contributed by atoms with E-state index in [1.165, 1.54) is 23.5 Å². The van der Waals surface area contributed by atoms with Crippen molar-refractivity contribution in [2.45, 2.75) is 12.7 Å². The fraction of sp³-hybridized carbons (Fsp3) is 0.167. The quantitative estimate of drug-likeness (QED) is 0.764. The summed E-state index contributed by atoms with van der Waals surface area (Å²) < 4.78 is 38.5. The highest BCUT2D eigenvalue weighted by atomic mass is 35.5. The van der Waals surface area contributed by atoms with Gasteiger partial charge >= 0.3 is 6.18 Å². The molecule has 1 aromatic heterocycles. The maximum atomic E-state index is 12.8. The highest BCUT2D eigenvalue weighted by molar-refractivity contribution is 7.10. The number of halogens is 5. The number of alkyl halides is 3. The first-order chi connectivity index (χ1) is 8.88. The van der Waals surface area contributed by atoms with E-state index in [2.05, 4.69) is 5.32 Å². The van der Waals surface area contributed by atoms with E-state index < -0.39 is 11.7 Å². The van der Waals surface area contributed by atoms with E-state index in [0.29, 0.717) is 5.02 Å². The van der Waals surface area contributed by atoms with Gasteiger partial charge in [-0.05, 0) is 18.2 Å². The highest BCUT2D eigenvalue weighted by Crippen LogP contribution is 2.38. The molecule has 0 saturated heterocycles. The molecule has 102 valence electrons. The molecular weight excluding hydrogens is 318 g/mol. The van der Waals surface area contributed by atoms with Gasteiger partial charge in [0, 0.05) is 16.8 Å². The van der Waals surface area contributed by atoms with E-state index >= 15 is 0 Å². The highest BCUT2D eigenvalue weighted by Gasteiger charge is 2.34. The Morgan fingerprint density at radius 1 is 1.21 bits per heavy atom. The average Bonchev–Trinajstić information content (AvgIpc) is 2.72. The second-order valence-electron chi connectivity index (χ2n) is 3.74. The van der Waals surface area contributed by atoms with Crippen LogP contribution >= 0.6 is 34.5 Å². The Hall–Kier alpha value is -0.910. The summed E-state index contributed by atoms with van der Waals surface area (Å²) >= 11 is 12.9. The summed E-state index contributed by atoms with van der Waals surface area (Å²) in [5.41, 5.74) is -0.885. The second kappa shape index (κ2) is 5.61. The van der Waals surface area contributed by atoms with Gasteiger partial charge in [0.1, 0.15) is 0 Å². The first-order valence-corrected chi connectivity index (χ1v) is 6.84. The van der Waals surface area contributed by atoms with Crippen LogP contribution in [0.25, 0.3) is 0 Å². The fourth-order valence-corrected chi connectivity index (χ4v) is 2.82. The molecule has 0 radical (unpaired) electrons. The summed E-state index contributed by atoms with van der Waals surface area (Å²) in [6.45, 7) is 0.240. The van der Waals surface area contributed by atoms with Crippen LogP contribution in [-0.2, 0) is 12.7 Å². The molecule has 0 spiro atoms. The van der Waals surface area contributed by atoms with Crippen LogP contribution in [0, 0.1) is 0 Å². The zero-order valence-corrected chi connectivity index (χ0v) is 11.7. The summed E-state index contributed by atoms with van der Waals surface area (Å²) in [5, 5.41) is 5.04. The standard InChI is InChI=1S/C12H8Cl2F3NS/c13-7-4-8(19-6-7)5-18-11-9(12(15,16)17)2-1-3-10(11)14/h1-4,6,18H,5H2. The minimum Gasteiger partial charge on any atom is -0.378 e. The summed E-state index contributed by atoms with van der Waals surface area (Å²) in [4.78, 5) is 0.832. The molecule has 0 saturated carbocycles. The van der Waals surface area contributed by atoms with Crippen LogP contribution in [0.1, 0.15) is 10.4 Å². The normalized spacial score (nSPS) is 11.6. The van der Waals surface area contributed by atoms with E-state index in [4.69, 9.17) is 23.2 Å². The fourth-order valence-electron chi connectivity index (χ4n) is 1.56. The topological polar surface area (TPSA) is 12.0 Å². The van der Waals surface area contributed by atoms with Crippen LogP contribution < -0.4 is 5.32 Å². The van der Waals surface area contributed by atoms with Gasteiger partial charge in [-0.15, -0.1) is 11.3 Å². The lowest BCUT2D eigenvalue weighted by atomic mass is 10.1. The molecule has 0 aliphatic carbocycles. The predicted molar refractivity (Wildman–Crippen MR) is 73.1 cm³/mol. The Morgan fingerprint density at radius 2 is 1.95 bits per heavy atom. The lowest BCUT2D eigenvalue weighted by molar-refractivity contribution is -0.136. The number of para-hydroxylation sites is 1. The number of rotatable bonds is 3. The Morgan fingerprint density at radius 3 is 2.53 bits per heavy atom. The van der Waals surface area contributed by atoms with Crippen molar-refractivity contribution >= 4 is 40.2 Å². The Balaban J connectivity index is 2.24. The van der Waals surface area contributed by atoms with Gasteiger partial charge in [0.25, 0.3) is 0 Å². The average molecular weight is 326 g/mol. The van der Waals surface area contributed by atoms with E-state index in [1.807, 2.05) is 0 Å². The summed E-state index contributed by atoms with van der Waals surface area (Å²) in [5.74, 6) is 0. The molecule has 0 amide bonds. The number of nitrogens with one attached hydrogen (secondary N) is 1.